The van der Waals surface area contributed by atoms with Gasteiger partial charge in [-0.1, -0.05) is 35.6 Å². The minimum atomic E-state index is -0.430. The second kappa shape index (κ2) is 19.6. The number of pyridine rings is 1. The number of carbonyl (C=O) groups is 3. The van der Waals surface area contributed by atoms with Gasteiger partial charge in [0.1, 0.15) is 5.82 Å². The number of halogens is 1. The van der Waals surface area contributed by atoms with Crippen molar-refractivity contribution in [3.05, 3.63) is 112 Å². The molecule has 63 heavy (non-hydrogen) atoms. The number of aromatic nitrogens is 2. The molecule has 8 rings (SSSR count). The van der Waals surface area contributed by atoms with Crippen molar-refractivity contribution in [1.29, 1.82) is 0 Å². The third-order valence-corrected chi connectivity index (χ3v) is 12.6. The number of hydrogen-bond donors (Lipinski definition) is 1. The van der Waals surface area contributed by atoms with Crippen LogP contribution >= 0.6 is 11.6 Å². The number of ether oxygens (including phenoxy) is 2. The number of imide groups is 1. The van der Waals surface area contributed by atoms with E-state index >= 15 is 0 Å². The minimum absolute atomic E-state index is 0.0195. The van der Waals surface area contributed by atoms with E-state index in [9.17, 15) is 14.4 Å². The third kappa shape index (κ3) is 9.96. The van der Waals surface area contributed by atoms with Crippen LogP contribution in [0.25, 0.3) is 5.65 Å². The van der Waals surface area contributed by atoms with Gasteiger partial charge in [0.2, 0.25) is 11.8 Å². The van der Waals surface area contributed by atoms with E-state index < -0.39 is 6.03 Å². The van der Waals surface area contributed by atoms with Crippen LogP contribution in [0.15, 0.2) is 85.2 Å². The highest BCUT2D eigenvalue weighted by molar-refractivity contribution is 6.30. The lowest BCUT2D eigenvalue weighted by Crippen LogP contribution is -2.50. The first-order chi connectivity index (χ1) is 30.6. The molecule has 5 heterocycles. The van der Waals surface area contributed by atoms with Gasteiger partial charge in [0.15, 0.2) is 17.1 Å². The predicted molar refractivity (Wildman–Crippen MR) is 248 cm³/mol. The standard InChI is InChI=1S/C50H56ClN7O5/c1-34(2)63-44-32-42-38(30-43(44)62-4)31-47(60)58(48(42)36-12-14-39(51)15-13-36)41-18-16-40(17-19-41)54(3)26-20-35-21-27-55(28-22-35)24-8-6-5-7-10-37-11-9-25-56-46(33-52-49(37)56)57-29-23-45(59)53-50(57)61/h9,11-19,25,30,32-35,48H,5-6,8,20-24,26-29,31H2,1-4H3,(H,53,59,61)/t48-/m0/s1. The average molecular weight is 870 g/mol. The fraction of sp³-hybridized carbons (Fsp3) is 0.400. The molecule has 12 nitrogen and oxygen atoms in total. The molecule has 328 valence electrons. The molecule has 0 unspecified atom stereocenters. The largest absolute Gasteiger partial charge is 0.493 e. The summed E-state index contributed by atoms with van der Waals surface area (Å²) in [5, 5.41) is 3.02. The second-order valence-corrected chi connectivity index (χ2v) is 17.5. The molecular formula is C50H56ClN7O5. The first kappa shape index (κ1) is 43.6. The van der Waals surface area contributed by atoms with E-state index in [4.69, 9.17) is 21.1 Å². The van der Waals surface area contributed by atoms with Crippen LogP contribution in [-0.2, 0) is 16.0 Å². The number of hydrogen-bond acceptors (Lipinski definition) is 8. The quantitative estimate of drug-likeness (QED) is 0.0873. The van der Waals surface area contributed by atoms with Crippen molar-refractivity contribution in [3.8, 4) is 23.3 Å². The van der Waals surface area contributed by atoms with Gasteiger partial charge in [-0.2, -0.15) is 0 Å². The third-order valence-electron chi connectivity index (χ3n) is 12.4. The molecule has 3 aromatic carbocycles. The summed E-state index contributed by atoms with van der Waals surface area (Å²) in [7, 11) is 3.78. The summed E-state index contributed by atoms with van der Waals surface area (Å²) in [5.74, 6) is 8.99. The Morgan fingerprint density at radius 2 is 1.75 bits per heavy atom. The Kier molecular flexibility index (Phi) is 13.5. The van der Waals surface area contributed by atoms with Gasteiger partial charge in [-0.25, -0.2) is 9.78 Å². The van der Waals surface area contributed by atoms with E-state index in [2.05, 4.69) is 63.3 Å². The van der Waals surface area contributed by atoms with Crippen molar-refractivity contribution >= 4 is 52.3 Å². The molecule has 4 amide bonds. The molecule has 2 fully saturated rings. The Balaban J connectivity index is 0.811. The van der Waals surface area contributed by atoms with E-state index in [-0.39, 0.29) is 36.8 Å². The van der Waals surface area contributed by atoms with Crippen molar-refractivity contribution in [3.63, 3.8) is 0 Å². The molecule has 0 radical (unpaired) electrons. The van der Waals surface area contributed by atoms with Crippen LogP contribution in [0.5, 0.6) is 11.5 Å². The molecule has 0 bridgehead atoms. The molecule has 3 aliphatic rings. The number of nitrogens with one attached hydrogen (secondary N) is 1. The van der Waals surface area contributed by atoms with Crippen molar-refractivity contribution in [1.82, 2.24) is 19.6 Å². The molecule has 5 aromatic rings. The fourth-order valence-corrected chi connectivity index (χ4v) is 9.11. The normalized spacial score (nSPS) is 17.1. The number of imidazole rings is 1. The summed E-state index contributed by atoms with van der Waals surface area (Å²) in [5.41, 5.74) is 6.40. The van der Waals surface area contributed by atoms with Gasteiger partial charge < -0.3 is 24.2 Å². The number of urea groups is 1. The summed E-state index contributed by atoms with van der Waals surface area (Å²) in [6, 6.07) is 23.2. The second-order valence-electron chi connectivity index (χ2n) is 17.0. The Labute approximate surface area is 375 Å². The molecule has 13 heteroatoms. The zero-order chi connectivity index (χ0) is 44.0. The number of fused-ring (bicyclic) bond motifs is 2. The SMILES string of the molecule is COc1cc2c(cc1OC(C)C)[C@H](c1ccc(Cl)cc1)N(c1ccc(N(C)CCC3CCN(CCCCC#Cc4cccn5c(N6CCC(=O)NC6=O)cnc45)CC3)cc1)C(=O)C2. The maximum Gasteiger partial charge on any atom is 0.329 e. The summed E-state index contributed by atoms with van der Waals surface area (Å²) < 4.78 is 13.7. The minimum Gasteiger partial charge on any atom is -0.493 e. The number of unbranched alkanes of at least 4 members (excludes halogenated alkanes) is 2. The molecule has 3 aliphatic heterocycles. The van der Waals surface area contributed by atoms with Gasteiger partial charge in [-0.15, -0.1) is 0 Å². The highest BCUT2D eigenvalue weighted by Gasteiger charge is 2.36. The van der Waals surface area contributed by atoms with Crippen molar-refractivity contribution in [2.75, 3.05) is 61.6 Å². The number of carbonyl (C=O) groups excluding carboxylic acids is 3. The Hall–Kier alpha value is -6.03. The van der Waals surface area contributed by atoms with Crippen LogP contribution < -0.4 is 29.5 Å². The zero-order valence-electron chi connectivity index (χ0n) is 36.6. The van der Waals surface area contributed by atoms with Gasteiger partial charge in [-0.05, 0) is 149 Å². The monoisotopic (exact) mass is 869 g/mol. The number of anilines is 3. The van der Waals surface area contributed by atoms with Crippen LogP contribution in [0.3, 0.4) is 0 Å². The number of nitrogens with zero attached hydrogens (tertiary/aromatic N) is 6. The Bertz CT molecular complexity index is 2500. The number of benzene rings is 3. The number of rotatable bonds is 14. The molecule has 2 saturated heterocycles. The van der Waals surface area contributed by atoms with Crippen molar-refractivity contribution in [2.24, 2.45) is 5.92 Å². The molecule has 1 atom stereocenters. The van der Waals surface area contributed by atoms with Crippen LogP contribution in [0.4, 0.5) is 22.0 Å². The molecule has 0 spiro atoms. The van der Waals surface area contributed by atoms with E-state index in [0.29, 0.717) is 40.4 Å². The molecule has 0 saturated carbocycles. The fourth-order valence-electron chi connectivity index (χ4n) is 8.99. The van der Waals surface area contributed by atoms with Crippen LogP contribution in [-0.4, -0.2) is 85.1 Å². The molecule has 2 aromatic heterocycles. The Morgan fingerprint density at radius 1 is 0.968 bits per heavy atom. The van der Waals surface area contributed by atoms with Crippen LogP contribution in [0.1, 0.15) is 87.1 Å². The van der Waals surface area contributed by atoms with Crippen molar-refractivity contribution < 1.29 is 23.9 Å². The number of likely N-dealkylation sites (tertiary alicyclic amines) is 1. The van der Waals surface area contributed by atoms with Gasteiger partial charge in [0.05, 0.1) is 37.4 Å². The lowest BCUT2D eigenvalue weighted by atomic mass is 9.86. The summed E-state index contributed by atoms with van der Waals surface area (Å²) in [4.78, 5) is 50.9. The van der Waals surface area contributed by atoms with Gasteiger partial charge in [0.25, 0.3) is 0 Å². The maximum absolute atomic E-state index is 14.0. The maximum atomic E-state index is 14.0. The van der Waals surface area contributed by atoms with E-state index in [1.54, 1.807) is 13.3 Å². The average Bonchev–Trinajstić information content (AvgIpc) is 3.71. The van der Waals surface area contributed by atoms with E-state index in [1.807, 2.05) is 77.9 Å². The van der Waals surface area contributed by atoms with Crippen molar-refractivity contribution in [2.45, 2.75) is 77.4 Å². The lowest BCUT2D eigenvalue weighted by Gasteiger charge is -2.38. The zero-order valence-corrected chi connectivity index (χ0v) is 37.4. The summed E-state index contributed by atoms with van der Waals surface area (Å²) in [6.07, 6.45) is 10.5. The van der Waals surface area contributed by atoms with Crippen LogP contribution in [0.2, 0.25) is 5.02 Å². The lowest BCUT2D eigenvalue weighted by molar-refractivity contribution is -0.120. The molecule has 1 N–H and O–H groups in total. The number of methoxy groups -OCH3 is 1. The molecular weight excluding hydrogens is 814 g/mol. The first-order valence-electron chi connectivity index (χ1n) is 22.1. The van der Waals surface area contributed by atoms with Gasteiger partial charge in [0, 0.05) is 55.6 Å². The highest BCUT2D eigenvalue weighted by Crippen LogP contribution is 2.44. The van der Waals surface area contributed by atoms with Gasteiger partial charge >= 0.3 is 6.03 Å². The molecule has 0 aliphatic carbocycles. The van der Waals surface area contributed by atoms with Crippen LogP contribution in [0, 0.1) is 17.8 Å². The predicted octanol–water partition coefficient (Wildman–Crippen LogP) is 8.67. The number of amides is 4. The topological polar surface area (TPSA) is 112 Å². The highest BCUT2D eigenvalue weighted by atomic mass is 35.5. The summed E-state index contributed by atoms with van der Waals surface area (Å²) >= 11 is 6.32. The smallest absolute Gasteiger partial charge is 0.329 e. The Morgan fingerprint density at radius 3 is 2.48 bits per heavy atom. The van der Waals surface area contributed by atoms with Gasteiger partial charge in [-0.3, -0.25) is 24.2 Å². The van der Waals surface area contributed by atoms with E-state index in [1.165, 1.54) is 17.7 Å². The van der Waals surface area contributed by atoms with E-state index in [0.717, 1.165) is 85.5 Å². The first-order valence-corrected chi connectivity index (χ1v) is 22.5. The summed E-state index contributed by atoms with van der Waals surface area (Å²) in [6.45, 7) is 8.62. The number of piperidine rings is 1.